The van der Waals surface area contributed by atoms with Crippen LogP contribution in [0.4, 0.5) is 11.4 Å². The maximum absolute atomic E-state index is 12.1. The molecule has 0 saturated carbocycles. The minimum Gasteiger partial charge on any atom is -0.326 e. The molecule has 0 aliphatic carbocycles. The van der Waals surface area contributed by atoms with Crippen molar-refractivity contribution < 1.29 is 9.59 Å². The van der Waals surface area contributed by atoms with Crippen LogP contribution in [0.25, 0.3) is 0 Å². The molecule has 5 heteroatoms. The van der Waals surface area contributed by atoms with E-state index in [2.05, 4.69) is 16.0 Å². The van der Waals surface area contributed by atoms with Crippen molar-refractivity contribution >= 4 is 23.2 Å². The fourth-order valence-corrected chi connectivity index (χ4v) is 2.48. The van der Waals surface area contributed by atoms with E-state index in [1.54, 1.807) is 13.0 Å². The highest BCUT2D eigenvalue weighted by Crippen LogP contribution is 2.19. The first-order valence-electron chi connectivity index (χ1n) is 7.58. The summed E-state index contributed by atoms with van der Waals surface area (Å²) in [4.78, 5) is 23.4. The molecular weight excluding hydrogens is 266 g/mol. The monoisotopic (exact) mass is 289 g/mol. The smallest absolute Gasteiger partial charge is 0.224 e. The summed E-state index contributed by atoms with van der Waals surface area (Å²) in [7, 11) is 0. The summed E-state index contributed by atoms with van der Waals surface area (Å²) in [5.41, 5.74) is 1.43. The molecule has 1 aromatic rings. The normalized spacial score (nSPS) is 15.5. The first kappa shape index (κ1) is 15.5. The van der Waals surface area contributed by atoms with E-state index in [9.17, 15) is 9.59 Å². The number of carbonyl (C=O) groups is 2. The van der Waals surface area contributed by atoms with Crippen LogP contribution in [0.15, 0.2) is 24.3 Å². The lowest BCUT2D eigenvalue weighted by Gasteiger charge is -2.22. The highest BCUT2D eigenvalue weighted by molar-refractivity contribution is 5.94. The average molecular weight is 289 g/mol. The van der Waals surface area contributed by atoms with E-state index in [0.29, 0.717) is 24.4 Å². The number of hydrogen-bond acceptors (Lipinski definition) is 3. The number of amides is 2. The lowest BCUT2D eigenvalue weighted by atomic mass is 9.94. The Kier molecular flexibility index (Phi) is 5.75. The van der Waals surface area contributed by atoms with Crippen molar-refractivity contribution in [3.8, 4) is 0 Å². The van der Waals surface area contributed by atoms with Crippen molar-refractivity contribution in [3.63, 3.8) is 0 Å². The molecule has 0 aromatic heterocycles. The molecule has 0 unspecified atom stereocenters. The van der Waals surface area contributed by atoms with Gasteiger partial charge in [-0.3, -0.25) is 9.59 Å². The number of carbonyl (C=O) groups excluding carboxylic acids is 2. The zero-order valence-corrected chi connectivity index (χ0v) is 12.4. The van der Waals surface area contributed by atoms with E-state index >= 15 is 0 Å². The predicted octanol–water partition coefficient (Wildman–Crippen LogP) is 2.36. The summed E-state index contributed by atoms with van der Waals surface area (Å²) in [6, 6.07) is 7.26. The summed E-state index contributed by atoms with van der Waals surface area (Å²) in [5, 5.41) is 9.00. The van der Waals surface area contributed by atoms with Crippen molar-refractivity contribution in [2.45, 2.75) is 32.6 Å². The van der Waals surface area contributed by atoms with E-state index in [4.69, 9.17) is 0 Å². The summed E-state index contributed by atoms with van der Waals surface area (Å²) < 4.78 is 0. The number of piperidine rings is 1. The number of benzene rings is 1. The molecule has 114 valence electrons. The number of hydrogen-bond donors (Lipinski definition) is 3. The van der Waals surface area contributed by atoms with Gasteiger partial charge >= 0.3 is 0 Å². The SMILES string of the molecule is CCC(=O)Nc1cccc(NC(=O)CC2CCNCC2)c1. The molecule has 21 heavy (non-hydrogen) atoms. The first-order valence-corrected chi connectivity index (χ1v) is 7.58. The van der Waals surface area contributed by atoms with Crippen LogP contribution in [0.2, 0.25) is 0 Å². The van der Waals surface area contributed by atoms with Gasteiger partial charge in [-0.25, -0.2) is 0 Å². The van der Waals surface area contributed by atoms with Crippen LogP contribution < -0.4 is 16.0 Å². The molecule has 1 aliphatic rings. The van der Waals surface area contributed by atoms with Crippen LogP contribution in [0, 0.1) is 5.92 Å². The van der Waals surface area contributed by atoms with Gasteiger partial charge in [0.05, 0.1) is 0 Å². The van der Waals surface area contributed by atoms with Gasteiger partial charge in [0.25, 0.3) is 0 Å². The molecule has 1 aromatic carbocycles. The predicted molar refractivity (Wildman–Crippen MR) is 84.2 cm³/mol. The number of anilines is 2. The summed E-state index contributed by atoms with van der Waals surface area (Å²) in [6.45, 7) is 3.80. The molecule has 1 saturated heterocycles. The van der Waals surface area contributed by atoms with Gasteiger partial charge in [0.2, 0.25) is 11.8 Å². The van der Waals surface area contributed by atoms with E-state index in [0.717, 1.165) is 31.6 Å². The van der Waals surface area contributed by atoms with Crippen LogP contribution in [-0.4, -0.2) is 24.9 Å². The van der Waals surface area contributed by atoms with Crippen LogP contribution in [-0.2, 0) is 9.59 Å². The van der Waals surface area contributed by atoms with Crippen molar-refractivity contribution in [2.24, 2.45) is 5.92 Å². The second-order valence-corrected chi connectivity index (χ2v) is 5.43. The maximum atomic E-state index is 12.1. The fourth-order valence-electron chi connectivity index (χ4n) is 2.48. The molecule has 2 amide bonds. The van der Waals surface area contributed by atoms with E-state index in [-0.39, 0.29) is 11.8 Å². The zero-order chi connectivity index (χ0) is 15.1. The molecule has 3 N–H and O–H groups in total. The van der Waals surface area contributed by atoms with Crippen molar-refractivity contribution in [1.82, 2.24) is 5.32 Å². The quantitative estimate of drug-likeness (QED) is 0.779. The van der Waals surface area contributed by atoms with Crippen LogP contribution >= 0.6 is 0 Å². The van der Waals surface area contributed by atoms with Crippen LogP contribution in [0.3, 0.4) is 0 Å². The minimum absolute atomic E-state index is 0.0341. The molecule has 1 fully saturated rings. The van der Waals surface area contributed by atoms with Crippen molar-refractivity contribution in [3.05, 3.63) is 24.3 Å². The number of rotatable bonds is 5. The molecular formula is C16H23N3O2. The van der Waals surface area contributed by atoms with Gasteiger partial charge in [0, 0.05) is 24.2 Å². The van der Waals surface area contributed by atoms with Gasteiger partial charge in [0.1, 0.15) is 0 Å². The van der Waals surface area contributed by atoms with Gasteiger partial charge in [-0.05, 0) is 50.0 Å². The van der Waals surface area contributed by atoms with Gasteiger partial charge in [0.15, 0.2) is 0 Å². The summed E-state index contributed by atoms with van der Waals surface area (Å²) >= 11 is 0. The highest BCUT2D eigenvalue weighted by Gasteiger charge is 2.16. The Hall–Kier alpha value is -1.88. The lowest BCUT2D eigenvalue weighted by molar-refractivity contribution is -0.117. The van der Waals surface area contributed by atoms with Crippen molar-refractivity contribution in [1.29, 1.82) is 0 Å². The van der Waals surface area contributed by atoms with Crippen molar-refractivity contribution in [2.75, 3.05) is 23.7 Å². The fraction of sp³-hybridized carbons (Fsp3) is 0.500. The van der Waals surface area contributed by atoms with Gasteiger partial charge < -0.3 is 16.0 Å². The lowest BCUT2D eigenvalue weighted by Crippen LogP contribution is -2.30. The molecule has 5 nitrogen and oxygen atoms in total. The Morgan fingerprint density at radius 1 is 1.14 bits per heavy atom. The summed E-state index contributed by atoms with van der Waals surface area (Å²) in [5.74, 6) is 0.475. The Morgan fingerprint density at radius 3 is 2.38 bits per heavy atom. The highest BCUT2D eigenvalue weighted by atomic mass is 16.2. The van der Waals surface area contributed by atoms with Crippen LogP contribution in [0.1, 0.15) is 32.6 Å². The molecule has 2 rings (SSSR count). The molecule has 0 radical (unpaired) electrons. The van der Waals surface area contributed by atoms with Gasteiger partial charge in [-0.1, -0.05) is 13.0 Å². The van der Waals surface area contributed by atoms with Gasteiger partial charge in [-0.2, -0.15) is 0 Å². The largest absolute Gasteiger partial charge is 0.326 e. The number of nitrogens with one attached hydrogen (secondary N) is 3. The Morgan fingerprint density at radius 2 is 1.76 bits per heavy atom. The third kappa shape index (κ3) is 5.19. The molecule has 0 bridgehead atoms. The van der Waals surface area contributed by atoms with E-state index in [1.807, 2.05) is 18.2 Å². The van der Waals surface area contributed by atoms with Crippen LogP contribution in [0.5, 0.6) is 0 Å². The second-order valence-electron chi connectivity index (χ2n) is 5.43. The third-order valence-electron chi connectivity index (χ3n) is 3.68. The molecule has 0 atom stereocenters. The third-order valence-corrected chi connectivity index (χ3v) is 3.68. The summed E-state index contributed by atoms with van der Waals surface area (Å²) in [6.07, 6.45) is 3.11. The topological polar surface area (TPSA) is 70.2 Å². The van der Waals surface area contributed by atoms with Gasteiger partial charge in [-0.15, -0.1) is 0 Å². The van der Waals surface area contributed by atoms with E-state index < -0.39 is 0 Å². The Balaban J connectivity index is 1.87. The standard InChI is InChI=1S/C16H23N3O2/c1-2-15(20)18-13-4-3-5-14(11-13)19-16(21)10-12-6-8-17-9-7-12/h3-5,11-12,17H,2,6-10H2,1H3,(H,18,20)(H,19,21). The second kappa shape index (κ2) is 7.78. The maximum Gasteiger partial charge on any atom is 0.224 e. The zero-order valence-electron chi connectivity index (χ0n) is 12.4. The average Bonchev–Trinajstić information content (AvgIpc) is 2.48. The Bertz CT molecular complexity index is 496. The van der Waals surface area contributed by atoms with E-state index in [1.165, 1.54) is 0 Å². The first-order chi connectivity index (χ1) is 10.2. The molecule has 1 heterocycles. The Labute approximate surface area is 125 Å². The molecule has 0 spiro atoms. The minimum atomic E-state index is -0.0341. The molecule has 1 aliphatic heterocycles.